The minimum Gasteiger partial charge on any atom is -0.341 e. The molecule has 0 saturated carbocycles. The Morgan fingerprint density at radius 1 is 1.04 bits per heavy atom. The highest BCUT2D eigenvalue weighted by Gasteiger charge is 2.32. The van der Waals surface area contributed by atoms with Crippen LogP contribution in [0.5, 0.6) is 0 Å². The van der Waals surface area contributed by atoms with E-state index in [0.717, 1.165) is 57.5 Å². The van der Waals surface area contributed by atoms with E-state index in [1.807, 2.05) is 36.1 Å². The molecule has 0 spiro atoms. The van der Waals surface area contributed by atoms with Gasteiger partial charge in [0.05, 0.1) is 0 Å². The second-order valence-corrected chi connectivity index (χ2v) is 8.49. The van der Waals surface area contributed by atoms with Crippen molar-refractivity contribution < 1.29 is 9.59 Å². The summed E-state index contributed by atoms with van der Waals surface area (Å²) in [5, 5.41) is 2.61. The van der Waals surface area contributed by atoms with Gasteiger partial charge in [0.25, 0.3) is 0 Å². The van der Waals surface area contributed by atoms with Crippen LogP contribution < -0.4 is 5.32 Å². The summed E-state index contributed by atoms with van der Waals surface area (Å²) in [6, 6.07) is 8.46. The number of hydrogen-bond acceptors (Lipinski definition) is 3. The van der Waals surface area contributed by atoms with Crippen LogP contribution in [0.15, 0.2) is 24.3 Å². The monoisotopic (exact) mass is 391 g/mol. The number of rotatable bonds is 4. The van der Waals surface area contributed by atoms with Crippen LogP contribution in [0.25, 0.3) is 0 Å². The van der Waals surface area contributed by atoms with Gasteiger partial charge in [0, 0.05) is 30.7 Å². The molecule has 2 amide bonds. The maximum absolute atomic E-state index is 12.5. The number of aryl methyl sites for hydroxylation is 1. The predicted octanol–water partition coefficient (Wildman–Crippen LogP) is 3.26. The van der Waals surface area contributed by atoms with Gasteiger partial charge in [-0.3, -0.25) is 9.59 Å². The fourth-order valence-corrected chi connectivity index (χ4v) is 4.25. The van der Waals surface area contributed by atoms with Crippen LogP contribution in [-0.2, 0) is 9.59 Å². The first-order valence-corrected chi connectivity index (χ1v) is 10.4. The van der Waals surface area contributed by atoms with Crippen LogP contribution in [0.2, 0.25) is 0 Å². The maximum Gasteiger partial charge on any atom is 0.240 e. The van der Waals surface area contributed by atoms with Crippen molar-refractivity contribution in [3.63, 3.8) is 0 Å². The molecule has 0 aromatic heterocycles. The van der Waals surface area contributed by atoms with E-state index < -0.39 is 5.38 Å². The third-order valence-corrected chi connectivity index (χ3v) is 6.04. The lowest BCUT2D eigenvalue weighted by Gasteiger charge is -2.41. The first-order chi connectivity index (χ1) is 12.9. The molecule has 1 atom stereocenters. The summed E-state index contributed by atoms with van der Waals surface area (Å²) in [7, 11) is 0. The molecule has 1 aromatic carbocycles. The Morgan fingerprint density at radius 2 is 1.63 bits per heavy atom. The number of anilines is 1. The normalized spacial score (nSPS) is 21.1. The van der Waals surface area contributed by atoms with E-state index in [4.69, 9.17) is 11.6 Å². The average Bonchev–Trinajstić information content (AvgIpc) is 2.69. The Kier molecular flexibility index (Phi) is 6.77. The Labute approximate surface area is 167 Å². The molecule has 0 bridgehead atoms. The molecule has 1 unspecified atom stereocenters. The highest BCUT2D eigenvalue weighted by Crippen LogP contribution is 2.25. The molecule has 0 aliphatic carbocycles. The number of carbonyl (C=O) groups excluding carboxylic acids is 2. The molecule has 2 saturated heterocycles. The van der Waals surface area contributed by atoms with Crippen LogP contribution in [0.1, 0.15) is 38.2 Å². The number of hydrogen-bond donors (Lipinski definition) is 1. The number of piperidine rings is 2. The molecule has 148 valence electrons. The zero-order chi connectivity index (χ0) is 19.4. The quantitative estimate of drug-likeness (QED) is 0.801. The number of benzene rings is 1. The van der Waals surface area contributed by atoms with Crippen molar-refractivity contribution in [1.82, 2.24) is 9.80 Å². The average molecular weight is 392 g/mol. The number of likely N-dealkylation sites (tertiary alicyclic amines) is 2. The molecule has 5 nitrogen and oxygen atoms in total. The molecular weight excluding hydrogens is 362 g/mol. The molecule has 2 heterocycles. The minimum absolute atomic E-state index is 0.0431. The summed E-state index contributed by atoms with van der Waals surface area (Å²) in [4.78, 5) is 28.9. The van der Waals surface area contributed by atoms with E-state index in [1.54, 1.807) is 6.92 Å². The van der Waals surface area contributed by atoms with Gasteiger partial charge in [-0.05, 0) is 64.8 Å². The number of carbonyl (C=O) groups is 2. The lowest BCUT2D eigenvalue weighted by Crippen LogP contribution is -2.50. The van der Waals surface area contributed by atoms with Crippen LogP contribution in [0, 0.1) is 12.8 Å². The topological polar surface area (TPSA) is 52.7 Å². The molecular formula is C21H30ClN3O2. The van der Waals surface area contributed by atoms with Crippen molar-refractivity contribution in [3.8, 4) is 0 Å². The Bertz CT molecular complexity index is 646. The number of halogens is 1. The van der Waals surface area contributed by atoms with Gasteiger partial charge in [-0.15, -0.1) is 11.6 Å². The molecule has 6 heteroatoms. The molecule has 0 radical (unpaired) electrons. The summed E-state index contributed by atoms with van der Waals surface area (Å²) in [5.74, 6) is 0.262. The summed E-state index contributed by atoms with van der Waals surface area (Å²) in [5.41, 5.74) is 2.06. The minimum atomic E-state index is -0.440. The van der Waals surface area contributed by atoms with Crippen molar-refractivity contribution in [2.45, 2.75) is 50.9 Å². The fraction of sp³-hybridized carbons (Fsp3) is 0.619. The van der Waals surface area contributed by atoms with Gasteiger partial charge in [-0.1, -0.05) is 17.7 Å². The van der Waals surface area contributed by atoms with Crippen molar-refractivity contribution in [3.05, 3.63) is 29.8 Å². The van der Waals surface area contributed by atoms with Crippen molar-refractivity contribution in [2.75, 3.05) is 31.5 Å². The van der Waals surface area contributed by atoms with E-state index >= 15 is 0 Å². The SMILES string of the molecule is Cc1ccc(NC(=O)C2CCN(C3CCN(C(=O)C(C)Cl)CC3)CC2)cc1. The van der Waals surface area contributed by atoms with E-state index in [-0.39, 0.29) is 17.7 Å². The summed E-state index contributed by atoms with van der Waals surface area (Å²) < 4.78 is 0. The van der Waals surface area contributed by atoms with Crippen molar-refractivity contribution in [1.29, 1.82) is 0 Å². The maximum atomic E-state index is 12.5. The standard InChI is InChI=1S/C21H30ClN3O2/c1-15-3-5-18(6-4-15)23-20(26)17-7-11-24(12-8-17)19-9-13-25(14-10-19)21(27)16(2)22/h3-6,16-17,19H,7-14H2,1-2H3,(H,23,26). The number of nitrogens with one attached hydrogen (secondary N) is 1. The molecule has 2 fully saturated rings. The first-order valence-electron chi connectivity index (χ1n) is 9.98. The van der Waals surface area contributed by atoms with Crippen molar-refractivity contribution in [2.24, 2.45) is 5.92 Å². The van der Waals surface area contributed by atoms with Crippen LogP contribution in [0.4, 0.5) is 5.69 Å². The smallest absolute Gasteiger partial charge is 0.240 e. The lowest BCUT2D eigenvalue weighted by molar-refractivity contribution is -0.132. The highest BCUT2D eigenvalue weighted by molar-refractivity contribution is 6.30. The number of alkyl halides is 1. The highest BCUT2D eigenvalue weighted by atomic mass is 35.5. The first kappa shape index (κ1) is 20.2. The van der Waals surface area contributed by atoms with Gasteiger partial charge < -0.3 is 15.1 Å². The lowest BCUT2D eigenvalue weighted by atomic mass is 9.92. The molecule has 27 heavy (non-hydrogen) atoms. The Balaban J connectivity index is 1.43. The Hall–Kier alpha value is -1.59. The molecule has 3 rings (SSSR count). The van der Waals surface area contributed by atoms with E-state index in [2.05, 4.69) is 10.2 Å². The number of nitrogens with zero attached hydrogens (tertiary/aromatic N) is 2. The van der Waals surface area contributed by atoms with Gasteiger partial charge in [-0.2, -0.15) is 0 Å². The molecule has 2 aliphatic heterocycles. The van der Waals surface area contributed by atoms with Gasteiger partial charge in [0.1, 0.15) is 5.38 Å². The number of amides is 2. The van der Waals surface area contributed by atoms with Gasteiger partial charge in [-0.25, -0.2) is 0 Å². The van der Waals surface area contributed by atoms with Crippen LogP contribution in [-0.4, -0.2) is 59.2 Å². The summed E-state index contributed by atoms with van der Waals surface area (Å²) in [6.45, 7) is 7.26. The van der Waals surface area contributed by atoms with Crippen molar-refractivity contribution >= 4 is 29.1 Å². The second kappa shape index (κ2) is 9.07. The zero-order valence-corrected chi connectivity index (χ0v) is 17.0. The molecule has 1 N–H and O–H groups in total. The third kappa shape index (κ3) is 5.23. The van der Waals surface area contributed by atoms with Gasteiger partial charge in [0.2, 0.25) is 11.8 Å². The molecule has 2 aliphatic rings. The zero-order valence-electron chi connectivity index (χ0n) is 16.3. The van der Waals surface area contributed by atoms with E-state index in [1.165, 1.54) is 5.56 Å². The second-order valence-electron chi connectivity index (χ2n) is 7.84. The summed E-state index contributed by atoms with van der Waals surface area (Å²) >= 11 is 5.92. The van der Waals surface area contributed by atoms with Crippen LogP contribution >= 0.6 is 11.6 Å². The predicted molar refractivity (Wildman–Crippen MR) is 109 cm³/mol. The van der Waals surface area contributed by atoms with Gasteiger partial charge >= 0.3 is 0 Å². The fourth-order valence-electron chi connectivity index (χ4n) is 4.11. The summed E-state index contributed by atoms with van der Waals surface area (Å²) in [6.07, 6.45) is 3.79. The van der Waals surface area contributed by atoms with Gasteiger partial charge in [0.15, 0.2) is 0 Å². The van der Waals surface area contributed by atoms with E-state index in [9.17, 15) is 9.59 Å². The molecule has 1 aromatic rings. The largest absolute Gasteiger partial charge is 0.341 e. The Morgan fingerprint density at radius 3 is 2.19 bits per heavy atom. The third-order valence-electron chi connectivity index (χ3n) is 5.85. The van der Waals surface area contributed by atoms with Crippen LogP contribution in [0.3, 0.4) is 0 Å². The van der Waals surface area contributed by atoms with E-state index in [0.29, 0.717) is 6.04 Å².